The van der Waals surface area contributed by atoms with E-state index in [4.69, 9.17) is 17.4 Å². The molecule has 2 aromatic rings. The number of anilines is 2. The summed E-state index contributed by atoms with van der Waals surface area (Å²) in [6, 6.07) is 8.44. The molecule has 0 unspecified atom stereocenters. The Kier molecular flexibility index (Phi) is 4.36. The van der Waals surface area contributed by atoms with Crippen LogP contribution in [0.3, 0.4) is 0 Å². The number of nitrogen functional groups attached to an aromatic ring is 1. The molecule has 0 fully saturated rings. The number of benzene rings is 1. The van der Waals surface area contributed by atoms with Crippen LogP contribution in [-0.2, 0) is 0 Å². The molecule has 1 aromatic carbocycles. The lowest BCUT2D eigenvalue weighted by atomic mass is 10.2. The topological polar surface area (TPSA) is 80.0 Å². The highest BCUT2D eigenvalue weighted by Crippen LogP contribution is 2.26. The van der Waals surface area contributed by atoms with Crippen molar-refractivity contribution in [1.82, 2.24) is 4.98 Å². The fourth-order valence-corrected chi connectivity index (χ4v) is 1.93. The van der Waals surface area contributed by atoms with Gasteiger partial charge in [-0.25, -0.2) is 10.8 Å². The number of aromatic nitrogens is 1. The Morgan fingerprint density at radius 1 is 1.32 bits per heavy atom. The first-order chi connectivity index (χ1) is 9.10. The van der Waals surface area contributed by atoms with Gasteiger partial charge in [-0.05, 0) is 30.3 Å². The second-order valence-corrected chi connectivity index (χ2v) is 4.98. The highest BCUT2D eigenvalue weighted by atomic mass is 79.9. The van der Waals surface area contributed by atoms with E-state index in [1.807, 2.05) is 0 Å². The lowest BCUT2D eigenvalue weighted by Gasteiger charge is -2.08. The summed E-state index contributed by atoms with van der Waals surface area (Å²) in [5.41, 5.74) is 3.33. The maximum absolute atomic E-state index is 12.0. The minimum Gasteiger partial charge on any atom is -0.321 e. The Bertz CT molecular complexity index is 603. The Labute approximate surface area is 123 Å². The third-order valence-corrected chi connectivity index (χ3v) is 3.17. The van der Waals surface area contributed by atoms with Crippen LogP contribution in [0, 0.1) is 0 Å². The Morgan fingerprint density at radius 2 is 2.11 bits per heavy atom. The van der Waals surface area contributed by atoms with Crippen LogP contribution in [0.2, 0.25) is 5.02 Å². The van der Waals surface area contributed by atoms with Crippen LogP contribution in [0.1, 0.15) is 10.4 Å². The summed E-state index contributed by atoms with van der Waals surface area (Å²) in [6.07, 6.45) is 1.43. The zero-order valence-electron chi connectivity index (χ0n) is 9.65. The number of pyridine rings is 1. The number of hydrazine groups is 1. The summed E-state index contributed by atoms with van der Waals surface area (Å²) in [5.74, 6) is 5.39. The smallest absolute Gasteiger partial charge is 0.257 e. The summed E-state index contributed by atoms with van der Waals surface area (Å²) < 4.78 is 0.827. The molecule has 0 saturated carbocycles. The number of amides is 1. The van der Waals surface area contributed by atoms with Gasteiger partial charge in [0.1, 0.15) is 5.82 Å². The quantitative estimate of drug-likeness (QED) is 0.592. The summed E-state index contributed by atoms with van der Waals surface area (Å²) in [6.45, 7) is 0. The van der Waals surface area contributed by atoms with E-state index in [9.17, 15) is 4.79 Å². The zero-order valence-corrected chi connectivity index (χ0v) is 12.0. The molecule has 2 rings (SSSR count). The normalized spacial score (nSPS) is 10.1. The zero-order chi connectivity index (χ0) is 13.8. The Hall–Kier alpha value is -1.63. The highest BCUT2D eigenvalue weighted by molar-refractivity contribution is 9.10. The largest absolute Gasteiger partial charge is 0.321 e. The monoisotopic (exact) mass is 340 g/mol. The van der Waals surface area contributed by atoms with Gasteiger partial charge in [0.25, 0.3) is 5.91 Å². The number of hydrogen-bond acceptors (Lipinski definition) is 4. The first-order valence-electron chi connectivity index (χ1n) is 5.29. The van der Waals surface area contributed by atoms with Crippen molar-refractivity contribution in [2.75, 3.05) is 10.7 Å². The molecule has 98 valence electrons. The van der Waals surface area contributed by atoms with Crippen LogP contribution in [0.25, 0.3) is 0 Å². The molecule has 0 radical (unpaired) electrons. The number of hydrogen-bond donors (Lipinski definition) is 3. The van der Waals surface area contributed by atoms with E-state index in [0.29, 0.717) is 22.1 Å². The van der Waals surface area contributed by atoms with Crippen molar-refractivity contribution in [2.45, 2.75) is 0 Å². The van der Waals surface area contributed by atoms with Crippen LogP contribution in [0.15, 0.2) is 41.0 Å². The van der Waals surface area contributed by atoms with Gasteiger partial charge in [-0.1, -0.05) is 27.5 Å². The third kappa shape index (κ3) is 3.44. The van der Waals surface area contributed by atoms with E-state index in [2.05, 4.69) is 31.7 Å². The first kappa shape index (κ1) is 13.8. The number of halogens is 2. The molecule has 7 heteroatoms. The molecule has 1 heterocycles. The SMILES string of the molecule is NNc1ccc(C(=O)Nc2cc(Br)ccc2Cl)cn1. The summed E-state index contributed by atoms with van der Waals surface area (Å²) in [4.78, 5) is 16.0. The van der Waals surface area contributed by atoms with E-state index < -0.39 is 0 Å². The van der Waals surface area contributed by atoms with Crippen LogP contribution < -0.4 is 16.6 Å². The molecule has 1 aromatic heterocycles. The van der Waals surface area contributed by atoms with Gasteiger partial charge in [0.05, 0.1) is 16.3 Å². The maximum atomic E-state index is 12.0. The van der Waals surface area contributed by atoms with Crippen molar-refractivity contribution in [3.05, 3.63) is 51.6 Å². The fourth-order valence-electron chi connectivity index (χ4n) is 1.40. The van der Waals surface area contributed by atoms with Gasteiger partial charge >= 0.3 is 0 Å². The molecule has 0 spiro atoms. The average Bonchev–Trinajstić information content (AvgIpc) is 2.43. The molecule has 0 bridgehead atoms. The van der Waals surface area contributed by atoms with Crippen molar-refractivity contribution in [1.29, 1.82) is 0 Å². The van der Waals surface area contributed by atoms with Gasteiger partial charge in [0, 0.05) is 10.7 Å². The molecular weight excluding hydrogens is 332 g/mol. The Morgan fingerprint density at radius 3 is 2.74 bits per heavy atom. The minimum atomic E-state index is -0.295. The van der Waals surface area contributed by atoms with Crippen molar-refractivity contribution < 1.29 is 4.79 Å². The fraction of sp³-hybridized carbons (Fsp3) is 0. The van der Waals surface area contributed by atoms with E-state index in [-0.39, 0.29) is 5.91 Å². The molecule has 1 amide bonds. The molecular formula is C12H10BrClN4O. The lowest BCUT2D eigenvalue weighted by Crippen LogP contribution is -2.14. The number of rotatable bonds is 3. The second kappa shape index (κ2) is 6.01. The number of carbonyl (C=O) groups is 1. The van der Waals surface area contributed by atoms with E-state index in [1.165, 1.54) is 6.20 Å². The molecule has 0 saturated heterocycles. The van der Waals surface area contributed by atoms with E-state index in [1.54, 1.807) is 30.3 Å². The van der Waals surface area contributed by atoms with Gasteiger partial charge in [-0.3, -0.25) is 4.79 Å². The summed E-state index contributed by atoms with van der Waals surface area (Å²) in [5, 5.41) is 3.17. The van der Waals surface area contributed by atoms with Gasteiger partial charge in [-0.15, -0.1) is 0 Å². The summed E-state index contributed by atoms with van der Waals surface area (Å²) >= 11 is 9.31. The number of nitrogens with two attached hydrogens (primary N) is 1. The molecule has 0 atom stereocenters. The number of carbonyl (C=O) groups excluding carboxylic acids is 1. The molecule has 0 aliphatic heterocycles. The van der Waals surface area contributed by atoms with E-state index >= 15 is 0 Å². The standard InChI is InChI=1S/C12H10BrClN4O/c13-8-2-3-9(14)10(5-8)17-12(19)7-1-4-11(18-15)16-6-7/h1-6H,15H2,(H,16,18)(H,17,19). The molecule has 19 heavy (non-hydrogen) atoms. The molecule has 4 N–H and O–H groups in total. The molecule has 0 aliphatic carbocycles. The van der Waals surface area contributed by atoms with Crippen LogP contribution >= 0.6 is 27.5 Å². The van der Waals surface area contributed by atoms with Crippen LogP contribution in [0.4, 0.5) is 11.5 Å². The second-order valence-electron chi connectivity index (χ2n) is 3.65. The number of nitrogens with zero attached hydrogens (tertiary/aromatic N) is 1. The average molecular weight is 342 g/mol. The lowest BCUT2D eigenvalue weighted by molar-refractivity contribution is 0.102. The van der Waals surface area contributed by atoms with Gasteiger partial charge in [0.15, 0.2) is 0 Å². The maximum Gasteiger partial charge on any atom is 0.257 e. The first-order valence-corrected chi connectivity index (χ1v) is 6.46. The molecule has 0 aliphatic rings. The predicted molar refractivity (Wildman–Crippen MR) is 79.2 cm³/mol. The number of nitrogens with one attached hydrogen (secondary N) is 2. The molecule has 5 nitrogen and oxygen atoms in total. The Balaban J connectivity index is 2.18. The van der Waals surface area contributed by atoms with Crippen LogP contribution in [-0.4, -0.2) is 10.9 Å². The van der Waals surface area contributed by atoms with Crippen molar-refractivity contribution in [2.24, 2.45) is 5.84 Å². The van der Waals surface area contributed by atoms with Gasteiger partial charge in [0.2, 0.25) is 0 Å². The third-order valence-electron chi connectivity index (χ3n) is 2.35. The predicted octanol–water partition coefficient (Wildman–Crippen LogP) is 3.04. The van der Waals surface area contributed by atoms with Crippen molar-refractivity contribution in [3.63, 3.8) is 0 Å². The van der Waals surface area contributed by atoms with Crippen molar-refractivity contribution in [3.8, 4) is 0 Å². The minimum absolute atomic E-state index is 0.295. The van der Waals surface area contributed by atoms with Gasteiger partial charge in [-0.2, -0.15) is 0 Å². The highest BCUT2D eigenvalue weighted by Gasteiger charge is 2.09. The van der Waals surface area contributed by atoms with Crippen molar-refractivity contribution >= 4 is 44.9 Å². The summed E-state index contributed by atoms with van der Waals surface area (Å²) in [7, 11) is 0. The van der Waals surface area contributed by atoms with Gasteiger partial charge < -0.3 is 10.7 Å². The van der Waals surface area contributed by atoms with E-state index in [0.717, 1.165) is 4.47 Å². The van der Waals surface area contributed by atoms with Crippen LogP contribution in [0.5, 0.6) is 0 Å².